The van der Waals surface area contributed by atoms with Gasteiger partial charge in [-0.15, -0.1) is 0 Å². The van der Waals surface area contributed by atoms with E-state index in [0.717, 1.165) is 19.3 Å². The SMILES string of the molecule is CC[C@H](N)C1CC[C@@H](N)[C@@H](O[C@H]2[C@H](O)[C@@H](O)[C@H](N)C[C@@H]2N)O1. The van der Waals surface area contributed by atoms with E-state index in [0.29, 0.717) is 6.42 Å². The molecule has 0 spiro atoms. The zero-order valence-electron chi connectivity index (χ0n) is 13.0. The number of aliphatic hydroxyl groups excluding tert-OH is 2. The fraction of sp³-hybridized carbons (Fsp3) is 1.00. The van der Waals surface area contributed by atoms with Gasteiger partial charge in [0, 0.05) is 18.1 Å². The van der Waals surface area contributed by atoms with E-state index in [4.69, 9.17) is 32.4 Å². The standard InChI is InChI=1S/C14H30N4O4/c1-2-6(15)10-4-3-7(16)14(21-10)22-13-9(18)5-8(17)11(19)12(13)20/h6-14,19-20H,2-5,15-18H2,1H3/t6-,7+,8+,9-,10?,11-,12+,13+,14+/m0/s1. The molecule has 0 radical (unpaired) electrons. The van der Waals surface area contributed by atoms with Crippen LogP contribution < -0.4 is 22.9 Å². The van der Waals surface area contributed by atoms with Crippen molar-refractivity contribution in [2.45, 2.75) is 87.5 Å². The number of hydrogen-bond acceptors (Lipinski definition) is 8. The molecule has 1 saturated heterocycles. The van der Waals surface area contributed by atoms with Crippen LogP contribution in [0.15, 0.2) is 0 Å². The summed E-state index contributed by atoms with van der Waals surface area (Å²) in [4.78, 5) is 0. The Kier molecular flexibility index (Phi) is 6.14. The molecule has 0 aromatic rings. The van der Waals surface area contributed by atoms with Crippen LogP contribution in [0.2, 0.25) is 0 Å². The van der Waals surface area contributed by atoms with E-state index < -0.39 is 36.7 Å². The molecule has 0 bridgehead atoms. The molecule has 1 saturated carbocycles. The van der Waals surface area contributed by atoms with Gasteiger partial charge in [-0.1, -0.05) is 6.92 Å². The Morgan fingerprint density at radius 3 is 2.41 bits per heavy atom. The first kappa shape index (κ1) is 18.0. The smallest absolute Gasteiger partial charge is 0.173 e. The van der Waals surface area contributed by atoms with Crippen molar-refractivity contribution in [1.82, 2.24) is 0 Å². The zero-order chi connectivity index (χ0) is 16.4. The highest BCUT2D eigenvalue weighted by Gasteiger charge is 2.44. The fourth-order valence-corrected chi connectivity index (χ4v) is 3.17. The average molecular weight is 318 g/mol. The van der Waals surface area contributed by atoms with Crippen LogP contribution in [0.5, 0.6) is 0 Å². The fourth-order valence-electron chi connectivity index (χ4n) is 3.17. The third kappa shape index (κ3) is 3.77. The van der Waals surface area contributed by atoms with Gasteiger partial charge in [-0.3, -0.25) is 0 Å². The van der Waals surface area contributed by atoms with Crippen LogP contribution in [-0.4, -0.2) is 65.1 Å². The molecule has 0 aromatic heterocycles. The molecule has 2 rings (SSSR count). The Bertz CT molecular complexity index is 362. The normalized spacial score (nSPS) is 48.1. The predicted octanol–water partition coefficient (Wildman–Crippen LogP) is -2.28. The molecule has 1 heterocycles. The van der Waals surface area contributed by atoms with E-state index >= 15 is 0 Å². The molecule has 0 aromatic carbocycles. The van der Waals surface area contributed by atoms with Gasteiger partial charge in [-0.25, -0.2) is 0 Å². The number of hydrogen-bond donors (Lipinski definition) is 6. The summed E-state index contributed by atoms with van der Waals surface area (Å²) in [5, 5.41) is 20.1. The van der Waals surface area contributed by atoms with Crippen LogP contribution in [-0.2, 0) is 9.47 Å². The Balaban J connectivity index is 2.01. The highest BCUT2D eigenvalue weighted by Crippen LogP contribution is 2.27. The first-order valence-electron chi connectivity index (χ1n) is 8.04. The van der Waals surface area contributed by atoms with Crippen molar-refractivity contribution in [2.75, 3.05) is 0 Å². The first-order chi connectivity index (χ1) is 10.3. The van der Waals surface area contributed by atoms with E-state index in [1.165, 1.54) is 0 Å². The maximum absolute atomic E-state index is 10.2. The second-order valence-corrected chi connectivity index (χ2v) is 6.50. The number of ether oxygens (including phenoxy) is 2. The van der Waals surface area contributed by atoms with Gasteiger partial charge in [-0.2, -0.15) is 0 Å². The molecule has 1 aliphatic heterocycles. The molecular formula is C14H30N4O4. The van der Waals surface area contributed by atoms with Gasteiger partial charge in [0.1, 0.15) is 12.2 Å². The number of aliphatic hydroxyl groups is 2. The lowest BCUT2D eigenvalue weighted by Crippen LogP contribution is -2.64. The molecular weight excluding hydrogens is 288 g/mol. The third-order valence-corrected chi connectivity index (χ3v) is 4.77. The highest BCUT2D eigenvalue weighted by molar-refractivity contribution is 4.98. The van der Waals surface area contributed by atoms with Gasteiger partial charge in [0.05, 0.1) is 18.2 Å². The van der Waals surface area contributed by atoms with E-state index in [9.17, 15) is 10.2 Å². The quantitative estimate of drug-likeness (QED) is 0.337. The lowest BCUT2D eigenvalue weighted by atomic mass is 9.84. The molecule has 130 valence electrons. The Labute approximate surface area is 131 Å². The summed E-state index contributed by atoms with van der Waals surface area (Å²) < 4.78 is 11.7. The molecule has 22 heavy (non-hydrogen) atoms. The van der Waals surface area contributed by atoms with Crippen molar-refractivity contribution in [2.24, 2.45) is 22.9 Å². The Hall–Kier alpha value is -0.320. The maximum atomic E-state index is 10.2. The minimum absolute atomic E-state index is 0.0810. The van der Waals surface area contributed by atoms with Gasteiger partial charge < -0.3 is 42.6 Å². The van der Waals surface area contributed by atoms with Gasteiger partial charge >= 0.3 is 0 Å². The number of rotatable bonds is 4. The molecule has 2 aliphatic rings. The first-order valence-corrected chi connectivity index (χ1v) is 8.04. The zero-order valence-corrected chi connectivity index (χ0v) is 13.0. The molecule has 10 N–H and O–H groups in total. The van der Waals surface area contributed by atoms with Crippen molar-refractivity contribution >= 4 is 0 Å². The summed E-state index contributed by atoms with van der Waals surface area (Å²) >= 11 is 0. The topological polar surface area (TPSA) is 163 Å². The van der Waals surface area contributed by atoms with Crippen LogP contribution in [0.25, 0.3) is 0 Å². The van der Waals surface area contributed by atoms with Gasteiger partial charge in [0.25, 0.3) is 0 Å². The molecule has 0 amide bonds. The van der Waals surface area contributed by atoms with Crippen molar-refractivity contribution in [3.63, 3.8) is 0 Å². The second kappa shape index (κ2) is 7.50. The summed E-state index contributed by atoms with van der Waals surface area (Å²) in [7, 11) is 0. The summed E-state index contributed by atoms with van der Waals surface area (Å²) in [6, 6.07) is -1.44. The van der Waals surface area contributed by atoms with Crippen LogP contribution in [0.3, 0.4) is 0 Å². The predicted molar refractivity (Wildman–Crippen MR) is 81.6 cm³/mol. The summed E-state index contributed by atoms with van der Waals surface area (Å²) in [5.41, 5.74) is 23.8. The lowest BCUT2D eigenvalue weighted by molar-refractivity contribution is -0.256. The van der Waals surface area contributed by atoms with Gasteiger partial charge in [0.15, 0.2) is 6.29 Å². The molecule has 8 nitrogen and oxygen atoms in total. The van der Waals surface area contributed by atoms with Crippen LogP contribution in [0.1, 0.15) is 32.6 Å². The van der Waals surface area contributed by atoms with Crippen molar-refractivity contribution in [3.05, 3.63) is 0 Å². The van der Waals surface area contributed by atoms with E-state index in [1.807, 2.05) is 6.92 Å². The molecule has 9 atom stereocenters. The number of nitrogens with two attached hydrogens (primary N) is 4. The van der Waals surface area contributed by atoms with Gasteiger partial charge in [-0.05, 0) is 25.7 Å². The largest absolute Gasteiger partial charge is 0.389 e. The average Bonchev–Trinajstić information content (AvgIpc) is 2.50. The summed E-state index contributed by atoms with van der Waals surface area (Å²) in [6.45, 7) is 2.00. The van der Waals surface area contributed by atoms with E-state index in [2.05, 4.69) is 0 Å². The van der Waals surface area contributed by atoms with Crippen molar-refractivity contribution in [1.29, 1.82) is 0 Å². The Morgan fingerprint density at radius 1 is 1.09 bits per heavy atom. The van der Waals surface area contributed by atoms with E-state index in [-0.39, 0.29) is 18.2 Å². The van der Waals surface area contributed by atoms with Gasteiger partial charge in [0.2, 0.25) is 0 Å². The molecule has 8 heteroatoms. The molecule has 1 aliphatic carbocycles. The van der Waals surface area contributed by atoms with E-state index in [1.54, 1.807) is 0 Å². The lowest BCUT2D eigenvalue weighted by Gasteiger charge is -2.44. The minimum Gasteiger partial charge on any atom is -0.389 e. The molecule has 2 fully saturated rings. The maximum Gasteiger partial charge on any atom is 0.173 e. The van der Waals surface area contributed by atoms with Crippen LogP contribution in [0.4, 0.5) is 0 Å². The van der Waals surface area contributed by atoms with Crippen LogP contribution >= 0.6 is 0 Å². The molecule has 1 unspecified atom stereocenters. The minimum atomic E-state index is -1.16. The van der Waals surface area contributed by atoms with Crippen molar-refractivity contribution in [3.8, 4) is 0 Å². The Morgan fingerprint density at radius 2 is 1.77 bits per heavy atom. The van der Waals surface area contributed by atoms with Crippen LogP contribution in [0, 0.1) is 0 Å². The monoisotopic (exact) mass is 318 g/mol. The summed E-state index contributed by atoms with van der Waals surface area (Å²) in [5.74, 6) is 0. The third-order valence-electron chi connectivity index (χ3n) is 4.77. The highest BCUT2D eigenvalue weighted by atomic mass is 16.7. The second-order valence-electron chi connectivity index (χ2n) is 6.50. The van der Waals surface area contributed by atoms with Crippen molar-refractivity contribution < 1.29 is 19.7 Å². The summed E-state index contributed by atoms with van der Waals surface area (Å²) in [6.07, 6.45) is -1.14.